The van der Waals surface area contributed by atoms with Crippen LogP contribution in [0.4, 0.5) is 0 Å². The lowest BCUT2D eigenvalue weighted by atomic mass is 10.3. The van der Waals surface area contributed by atoms with Crippen LogP contribution in [-0.4, -0.2) is 19.6 Å². The van der Waals surface area contributed by atoms with Crippen LogP contribution in [0.5, 0.6) is 0 Å². The van der Waals surface area contributed by atoms with Gasteiger partial charge in [-0.2, -0.15) is 10.2 Å². The summed E-state index contributed by atoms with van der Waals surface area (Å²) in [6, 6.07) is 3.25. The van der Waals surface area contributed by atoms with Crippen molar-refractivity contribution in [2.24, 2.45) is 7.05 Å². The molecule has 2 rings (SSSR count). The monoisotopic (exact) mass is 310 g/mol. The second-order valence-corrected chi connectivity index (χ2v) is 4.95. The highest BCUT2D eigenvalue weighted by Gasteiger charge is 2.13. The van der Waals surface area contributed by atoms with Crippen LogP contribution < -0.4 is 5.56 Å². The zero-order valence-corrected chi connectivity index (χ0v) is 12.2. The molecule has 0 aromatic carbocycles. The van der Waals surface area contributed by atoms with Gasteiger partial charge in [0.2, 0.25) is 0 Å². The fourth-order valence-corrected chi connectivity index (χ4v) is 2.54. The first-order chi connectivity index (χ1) is 8.52. The van der Waals surface area contributed by atoms with E-state index in [1.807, 2.05) is 20.9 Å². The van der Waals surface area contributed by atoms with Crippen LogP contribution in [0.25, 0.3) is 0 Å². The molecule has 6 heteroatoms. The van der Waals surface area contributed by atoms with Gasteiger partial charge in [0.05, 0.1) is 28.1 Å². The molecule has 0 spiro atoms. The highest BCUT2D eigenvalue weighted by molar-refractivity contribution is 9.10. The fourth-order valence-electron chi connectivity index (χ4n) is 1.80. The van der Waals surface area contributed by atoms with Gasteiger partial charge in [0.25, 0.3) is 5.56 Å². The molecule has 0 atom stereocenters. The molecular weight excluding hydrogens is 296 g/mol. The normalized spacial score (nSPS) is 10.9. The maximum atomic E-state index is 11.7. The zero-order chi connectivity index (χ0) is 13.3. The first kappa shape index (κ1) is 13.0. The third kappa shape index (κ3) is 2.38. The van der Waals surface area contributed by atoms with Crippen molar-refractivity contribution in [3.63, 3.8) is 0 Å². The first-order valence-corrected chi connectivity index (χ1v) is 6.57. The summed E-state index contributed by atoms with van der Waals surface area (Å²) in [5.74, 6) is 0. The summed E-state index contributed by atoms with van der Waals surface area (Å²) < 4.78 is 4.21. The summed E-state index contributed by atoms with van der Waals surface area (Å²) >= 11 is 3.54. The maximum absolute atomic E-state index is 11.7. The minimum atomic E-state index is -0.105. The van der Waals surface area contributed by atoms with Gasteiger partial charge in [-0.05, 0) is 35.3 Å². The SMILES string of the molecule is CCc1nn(C)c(Cn2nc(C)ccc2=O)c1Br. The minimum absolute atomic E-state index is 0.105. The van der Waals surface area contributed by atoms with Gasteiger partial charge in [0, 0.05) is 13.1 Å². The average molecular weight is 311 g/mol. The van der Waals surface area contributed by atoms with E-state index in [4.69, 9.17) is 0 Å². The molecule has 2 aromatic heterocycles. The van der Waals surface area contributed by atoms with E-state index in [1.54, 1.807) is 10.7 Å². The van der Waals surface area contributed by atoms with Crippen molar-refractivity contribution in [3.8, 4) is 0 Å². The predicted octanol–water partition coefficient (Wildman–Crippen LogP) is 1.66. The van der Waals surface area contributed by atoms with Crippen LogP contribution in [0.15, 0.2) is 21.4 Å². The van der Waals surface area contributed by atoms with Crippen LogP contribution in [0.2, 0.25) is 0 Å². The van der Waals surface area contributed by atoms with E-state index in [1.165, 1.54) is 10.7 Å². The average Bonchev–Trinajstić information content (AvgIpc) is 2.61. The molecule has 0 aliphatic carbocycles. The lowest BCUT2D eigenvalue weighted by Gasteiger charge is -2.06. The molecule has 0 amide bonds. The number of nitrogens with zero attached hydrogens (tertiary/aromatic N) is 4. The molecule has 0 saturated carbocycles. The smallest absolute Gasteiger partial charge is 0.267 e. The first-order valence-electron chi connectivity index (χ1n) is 5.78. The third-order valence-corrected chi connectivity index (χ3v) is 3.72. The molecule has 5 nitrogen and oxygen atoms in total. The lowest BCUT2D eigenvalue weighted by molar-refractivity contribution is 0.582. The van der Waals surface area contributed by atoms with E-state index in [0.29, 0.717) is 6.54 Å². The molecule has 18 heavy (non-hydrogen) atoms. The van der Waals surface area contributed by atoms with E-state index in [2.05, 4.69) is 26.1 Å². The molecule has 0 fully saturated rings. The third-order valence-electron chi connectivity index (χ3n) is 2.80. The zero-order valence-electron chi connectivity index (χ0n) is 10.6. The molecular formula is C12H15BrN4O. The van der Waals surface area contributed by atoms with Gasteiger partial charge in [-0.1, -0.05) is 6.92 Å². The molecule has 2 heterocycles. The van der Waals surface area contributed by atoms with Gasteiger partial charge in [0.15, 0.2) is 0 Å². The molecule has 0 aliphatic rings. The highest BCUT2D eigenvalue weighted by atomic mass is 79.9. The standard InChI is InChI=1S/C12H15BrN4O/c1-4-9-12(13)10(16(3)15-9)7-17-11(18)6-5-8(2)14-17/h5-6H,4,7H2,1-3H3. The fraction of sp³-hybridized carbons (Fsp3) is 0.417. The number of aryl methyl sites for hydroxylation is 3. The summed E-state index contributed by atoms with van der Waals surface area (Å²) in [5, 5.41) is 8.63. The van der Waals surface area contributed by atoms with Crippen molar-refractivity contribution in [2.45, 2.75) is 26.8 Å². The van der Waals surface area contributed by atoms with Crippen LogP contribution in [0.1, 0.15) is 24.0 Å². The number of hydrogen-bond acceptors (Lipinski definition) is 3. The van der Waals surface area contributed by atoms with Crippen molar-refractivity contribution in [1.29, 1.82) is 0 Å². The van der Waals surface area contributed by atoms with E-state index in [0.717, 1.165) is 28.0 Å². The molecule has 0 radical (unpaired) electrons. The van der Waals surface area contributed by atoms with Crippen LogP contribution in [0.3, 0.4) is 0 Å². The minimum Gasteiger partial charge on any atom is -0.269 e. The van der Waals surface area contributed by atoms with Gasteiger partial charge >= 0.3 is 0 Å². The number of aromatic nitrogens is 4. The van der Waals surface area contributed by atoms with Crippen LogP contribution in [-0.2, 0) is 20.0 Å². The van der Waals surface area contributed by atoms with Crippen molar-refractivity contribution in [1.82, 2.24) is 19.6 Å². The molecule has 0 saturated heterocycles. The van der Waals surface area contributed by atoms with Crippen molar-refractivity contribution in [2.75, 3.05) is 0 Å². The summed E-state index contributed by atoms with van der Waals surface area (Å²) in [6.07, 6.45) is 0.852. The Kier molecular flexibility index (Phi) is 3.65. The van der Waals surface area contributed by atoms with E-state index < -0.39 is 0 Å². The van der Waals surface area contributed by atoms with Crippen molar-refractivity contribution < 1.29 is 0 Å². The van der Waals surface area contributed by atoms with Gasteiger partial charge in [-0.25, -0.2) is 4.68 Å². The Morgan fingerprint density at radius 3 is 2.67 bits per heavy atom. The van der Waals surface area contributed by atoms with Crippen molar-refractivity contribution >= 4 is 15.9 Å². The molecule has 0 bridgehead atoms. The maximum Gasteiger partial charge on any atom is 0.267 e. The van der Waals surface area contributed by atoms with Gasteiger partial charge in [-0.3, -0.25) is 9.48 Å². The molecule has 2 aromatic rings. The number of hydrogen-bond donors (Lipinski definition) is 0. The summed E-state index contributed by atoms with van der Waals surface area (Å²) in [6.45, 7) is 4.34. The number of halogens is 1. The summed E-state index contributed by atoms with van der Waals surface area (Å²) in [5.41, 5.74) is 2.66. The predicted molar refractivity (Wildman–Crippen MR) is 72.6 cm³/mol. The Morgan fingerprint density at radius 2 is 2.06 bits per heavy atom. The van der Waals surface area contributed by atoms with E-state index in [9.17, 15) is 4.79 Å². The second kappa shape index (κ2) is 5.06. The molecule has 0 unspecified atom stereocenters. The van der Waals surface area contributed by atoms with E-state index >= 15 is 0 Å². The Labute approximate surface area is 114 Å². The van der Waals surface area contributed by atoms with Gasteiger partial charge in [-0.15, -0.1) is 0 Å². The molecule has 0 N–H and O–H groups in total. The Morgan fingerprint density at radius 1 is 1.33 bits per heavy atom. The topological polar surface area (TPSA) is 52.7 Å². The van der Waals surface area contributed by atoms with E-state index in [-0.39, 0.29) is 5.56 Å². The second-order valence-electron chi connectivity index (χ2n) is 4.16. The quantitative estimate of drug-likeness (QED) is 0.866. The van der Waals surface area contributed by atoms with Gasteiger partial charge < -0.3 is 0 Å². The summed E-state index contributed by atoms with van der Waals surface area (Å²) in [4.78, 5) is 11.7. The Bertz CT molecular complexity index is 629. The largest absolute Gasteiger partial charge is 0.269 e. The summed E-state index contributed by atoms with van der Waals surface area (Å²) in [7, 11) is 1.88. The Hall–Kier alpha value is -1.43. The lowest BCUT2D eigenvalue weighted by Crippen LogP contribution is -2.24. The van der Waals surface area contributed by atoms with Crippen LogP contribution >= 0.6 is 15.9 Å². The molecule has 96 valence electrons. The highest BCUT2D eigenvalue weighted by Crippen LogP contribution is 2.21. The molecule has 0 aliphatic heterocycles. The van der Waals surface area contributed by atoms with Gasteiger partial charge in [0.1, 0.15) is 0 Å². The number of rotatable bonds is 3. The van der Waals surface area contributed by atoms with Crippen molar-refractivity contribution in [3.05, 3.63) is 44.0 Å². The van der Waals surface area contributed by atoms with Crippen LogP contribution in [0, 0.1) is 6.92 Å². The Balaban J connectivity index is 2.43.